The topological polar surface area (TPSA) is 20.3 Å². The molecule has 0 radical (unpaired) electrons. The Kier molecular flexibility index (Phi) is 2.92. The van der Waals surface area contributed by atoms with Crippen LogP contribution in [-0.4, -0.2) is 12.5 Å². The number of nitrogens with zero attached hydrogens (tertiary/aromatic N) is 1. The summed E-state index contributed by atoms with van der Waals surface area (Å²) in [6.45, 7) is 2.86. The van der Waals surface area contributed by atoms with E-state index in [4.69, 9.17) is 0 Å². The molecule has 1 aromatic heterocycles. The van der Waals surface area contributed by atoms with Gasteiger partial charge in [0.2, 0.25) is 0 Å². The second-order valence-electron chi connectivity index (χ2n) is 4.60. The third-order valence-corrected chi connectivity index (χ3v) is 4.30. The molecule has 1 amide bonds. The van der Waals surface area contributed by atoms with Gasteiger partial charge < -0.3 is 4.90 Å². The SMILES string of the molecule is Cc1ccc(C(=O)N2CCCc3ccccc32)s1. The first-order chi connectivity index (χ1) is 8.75. The van der Waals surface area contributed by atoms with Gasteiger partial charge in [-0.3, -0.25) is 4.79 Å². The van der Waals surface area contributed by atoms with Crippen LogP contribution in [0, 0.1) is 6.92 Å². The van der Waals surface area contributed by atoms with Crippen LogP contribution in [0.5, 0.6) is 0 Å². The van der Waals surface area contributed by atoms with Crippen LogP contribution in [0.15, 0.2) is 36.4 Å². The Balaban J connectivity index is 1.96. The van der Waals surface area contributed by atoms with E-state index in [0.717, 1.165) is 30.0 Å². The highest BCUT2D eigenvalue weighted by atomic mass is 32.1. The smallest absolute Gasteiger partial charge is 0.268 e. The Morgan fingerprint density at radius 1 is 1.22 bits per heavy atom. The van der Waals surface area contributed by atoms with Gasteiger partial charge in [0.05, 0.1) is 4.88 Å². The molecule has 1 aromatic carbocycles. The Hall–Kier alpha value is -1.61. The van der Waals surface area contributed by atoms with E-state index in [1.54, 1.807) is 11.3 Å². The fraction of sp³-hybridized carbons (Fsp3) is 0.267. The van der Waals surface area contributed by atoms with Crippen molar-refractivity contribution in [2.24, 2.45) is 0 Å². The fourth-order valence-corrected chi connectivity index (χ4v) is 3.24. The highest BCUT2D eigenvalue weighted by Crippen LogP contribution is 2.29. The Morgan fingerprint density at radius 3 is 2.83 bits per heavy atom. The number of rotatable bonds is 1. The number of anilines is 1. The van der Waals surface area contributed by atoms with Gasteiger partial charge in [0.25, 0.3) is 5.91 Å². The van der Waals surface area contributed by atoms with Crippen molar-refractivity contribution in [1.82, 2.24) is 0 Å². The van der Waals surface area contributed by atoms with E-state index in [2.05, 4.69) is 6.07 Å². The van der Waals surface area contributed by atoms with Crippen molar-refractivity contribution in [3.8, 4) is 0 Å². The zero-order valence-electron chi connectivity index (χ0n) is 10.3. The zero-order chi connectivity index (χ0) is 12.5. The van der Waals surface area contributed by atoms with E-state index in [1.807, 2.05) is 42.2 Å². The van der Waals surface area contributed by atoms with Crippen LogP contribution in [0.25, 0.3) is 0 Å². The molecule has 2 aromatic rings. The maximum absolute atomic E-state index is 12.5. The standard InChI is InChI=1S/C15H15NOS/c1-11-8-9-14(18-11)15(17)16-10-4-6-12-5-2-3-7-13(12)16/h2-3,5,7-9H,4,6,10H2,1H3. The van der Waals surface area contributed by atoms with Gasteiger partial charge in [-0.1, -0.05) is 18.2 Å². The van der Waals surface area contributed by atoms with Gasteiger partial charge >= 0.3 is 0 Å². The summed E-state index contributed by atoms with van der Waals surface area (Å²) in [5, 5.41) is 0. The van der Waals surface area contributed by atoms with Gasteiger partial charge in [0.15, 0.2) is 0 Å². The first kappa shape index (κ1) is 11.5. The third kappa shape index (κ3) is 1.95. The minimum atomic E-state index is 0.139. The second kappa shape index (κ2) is 4.58. The van der Waals surface area contributed by atoms with Crippen LogP contribution in [0.2, 0.25) is 0 Å². The lowest BCUT2D eigenvalue weighted by Gasteiger charge is -2.29. The van der Waals surface area contributed by atoms with Crippen LogP contribution in [0.4, 0.5) is 5.69 Å². The maximum Gasteiger partial charge on any atom is 0.268 e. The molecular weight excluding hydrogens is 242 g/mol. The van der Waals surface area contributed by atoms with Crippen LogP contribution in [0.3, 0.4) is 0 Å². The molecule has 0 fully saturated rings. The number of aryl methyl sites for hydroxylation is 2. The van der Waals surface area contributed by atoms with E-state index in [9.17, 15) is 4.79 Å². The molecule has 1 aliphatic heterocycles. The van der Waals surface area contributed by atoms with Crippen LogP contribution >= 0.6 is 11.3 Å². The van der Waals surface area contributed by atoms with Gasteiger partial charge in [-0.25, -0.2) is 0 Å². The summed E-state index contributed by atoms with van der Waals surface area (Å²) in [4.78, 5) is 16.5. The minimum absolute atomic E-state index is 0.139. The average molecular weight is 257 g/mol. The number of thiophene rings is 1. The summed E-state index contributed by atoms with van der Waals surface area (Å²) in [6, 6.07) is 12.2. The molecule has 2 nitrogen and oxygen atoms in total. The largest absolute Gasteiger partial charge is 0.307 e. The molecule has 92 valence electrons. The number of hydrogen-bond donors (Lipinski definition) is 0. The molecular formula is C15H15NOS. The summed E-state index contributed by atoms with van der Waals surface area (Å²) >= 11 is 1.57. The van der Waals surface area contributed by atoms with Gasteiger partial charge in [-0.2, -0.15) is 0 Å². The molecule has 0 saturated carbocycles. The molecule has 0 bridgehead atoms. The molecule has 0 saturated heterocycles. The highest BCUT2D eigenvalue weighted by molar-refractivity contribution is 7.14. The molecule has 0 aliphatic carbocycles. The van der Waals surface area contributed by atoms with Crippen molar-refractivity contribution in [1.29, 1.82) is 0 Å². The third-order valence-electron chi connectivity index (χ3n) is 3.31. The van der Waals surface area contributed by atoms with Crippen molar-refractivity contribution in [2.75, 3.05) is 11.4 Å². The van der Waals surface area contributed by atoms with E-state index in [1.165, 1.54) is 10.4 Å². The number of hydrogen-bond acceptors (Lipinski definition) is 2. The molecule has 0 N–H and O–H groups in total. The van der Waals surface area contributed by atoms with E-state index in [-0.39, 0.29) is 5.91 Å². The molecule has 0 spiro atoms. The predicted molar refractivity (Wildman–Crippen MR) is 75.5 cm³/mol. The maximum atomic E-state index is 12.5. The number of carbonyl (C=O) groups excluding carboxylic acids is 1. The van der Waals surface area contributed by atoms with Crippen molar-refractivity contribution < 1.29 is 4.79 Å². The summed E-state index contributed by atoms with van der Waals surface area (Å²) < 4.78 is 0. The molecule has 1 aliphatic rings. The molecule has 3 rings (SSSR count). The lowest BCUT2D eigenvalue weighted by Crippen LogP contribution is -2.34. The highest BCUT2D eigenvalue weighted by Gasteiger charge is 2.23. The zero-order valence-corrected chi connectivity index (χ0v) is 11.2. The summed E-state index contributed by atoms with van der Waals surface area (Å²) in [7, 11) is 0. The Labute approximate surface area is 111 Å². The summed E-state index contributed by atoms with van der Waals surface area (Å²) in [5.41, 5.74) is 2.37. The second-order valence-corrected chi connectivity index (χ2v) is 5.89. The lowest BCUT2D eigenvalue weighted by molar-refractivity contribution is 0.0989. The number of carbonyl (C=O) groups is 1. The Bertz CT molecular complexity index is 588. The van der Waals surface area contributed by atoms with Crippen LogP contribution in [-0.2, 0) is 6.42 Å². The van der Waals surface area contributed by atoms with Crippen molar-refractivity contribution in [3.63, 3.8) is 0 Å². The van der Waals surface area contributed by atoms with Crippen LogP contribution in [0.1, 0.15) is 26.5 Å². The first-order valence-electron chi connectivity index (χ1n) is 6.22. The number of amides is 1. The summed E-state index contributed by atoms with van der Waals surface area (Å²) in [6.07, 6.45) is 2.12. The molecule has 18 heavy (non-hydrogen) atoms. The average Bonchev–Trinajstić information content (AvgIpc) is 2.84. The predicted octanol–water partition coefficient (Wildman–Crippen LogP) is 3.65. The molecule has 0 atom stereocenters. The Morgan fingerprint density at radius 2 is 2.06 bits per heavy atom. The fourth-order valence-electron chi connectivity index (χ4n) is 2.43. The van der Waals surface area contributed by atoms with Gasteiger partial charge in [-0.05, 0) is 43.5 Å². The molecule has 3 heteroatoms. The quantitative estimate of drug-likeness (QED) is 0.763. The molecule has 0 unspecified atom stereocenters. The molecule has 2 heterocycles. The lowest BCUT2D eigenvalue weighted by atomic mass is 10.0. The summed E-state index contributed by atoms with van der Waals surface area (Å²) in [5.74, 6) is 0.139. The first-order valence-corrected chi connectivity index (χ1v) is 7.03. The van der Waals surface area contributed by atoms with Crippen molar-refractivity contribution in [2.45, 2.75) is 19.8 Å². The minimum Gasteiger partial charge on any atom is -0.307 e. The van der Waals surface area contributed by atoms with E-state index >= 15 is 0 Å². The van der Waals surface area contributed by atoms with Crippen LogP contribution < -0.4 is 4.90 Å². The van der Waals surface area contributed by atoms with Gasteiger partial charge in [0.1, 0.15) is 0 Å². The van der Waals surface area contributed by atoms with Gasteiger partial charge in [-0.15, -0.1) is 11.3 Å². The van der Waals surface area contributed by atoms with Crippen molar-refractivity contribution in [3.05, 3.63) is 51.7 Å². The normalized spacial score (nSPS) is 14.4. The van der Waals surface area contributed by atoms with E-state index < -0.39 is 0 Å². The number of benzene rings is 1. The van der Waals surface area contributed by atoms with Gasteiger partial charge in [0, 0.05) is 17.1 Å². The number of para-hydroxylation sites is 1. The van der Waals surface area contributed by atoms with Crippen molar-refractivity contribution >= 4 is 22.9 Å². The van der Waals surface area contributed by atoms with E-state index in [0.29, 0.717) is 0 Å². The number of fused-ring (bicyclic) bond motifs is 1. The monoisotopic (exact) mass is 257 g/mol.